The van der Waals surface area contributed by atoms with Crippen molar-refractivity contribution in [2.45, 2.75) is 39.2 Å². The van der Waals surface area contributed by atoms with E-state index in [0.717, 1.165) is 35.5 Å². The van der Waals surface area contributed by atoms with Crippen LogP contribution >= 0.6 is 0 Å². The number of likely N-dealkylation sites (tertiary alicyclic amines) is 1. The Morgan fingerprint density at radius 1 is 1.04 bits per heavy atom. The predicted molar refractivity (Wildman–Crippen MR) is 104 cm³/mol. The molecule has 0 aliphatic carbocycles. The van der Waals surface area contributed by atoms with Gasteiger partial charge in [0, 0.05) is 37.0 Å². The van der Waals surface area contributed by atoms with Gasteiger partial charge in [-0.25, -0.2) is 4.98 Å². The standard InChI is InChI=1S/C22H25N3O/c1-16-4-3-14-25(16)15-11-21-17(2)26-22(24-21)20-7-5-18(6-8-20)19-9-12-23-13-10-19/h5-10,12-13,16H,3-4,11,14-15H2,1-2H3. The van der Waals surface area contributed by atoms with E-state index < -0.39 is 0 Å². The zero-order valence-electron chi connectivity index (χ0n) is 15.5. The minimum Gasteiger partial charge on any atom is -0.441 e. The molecule has 0 saturated carbocycles. The van der Waals surface area contributed by atoms with Crippen molar-refractivity contribution in [3.05, 3.63) is 60.2 Å². The van der Waals surface area contributed by atoms with E-state index in [1.54, 1.807) is 0 Å². The van der Waals surface area contributed by atoms with Crippen molar-refractivity contribution >= 4 is 0 Å². The van der Waals surface area contributed by atoms with Crippen LogP contribution in [0.15, 0.2) is 53.2 Å². The molecule has 4 heteroatoms. The van der Waals surface area contributed by atoms with E-state index in [0.29, 0.717) is 11.9 Å². The summed E-state index contributed by atoms with van der Waals surface area (Å²) in [4.78, 5) is 11.4. The smallest absolute Gasteiger partial charge is 0.226 e. The van der Waals surface area contributed by atoms with Crippen LogP contribution in [0, 0.1) is 6.92 Å². The fraction of sp³-hybridized carbons (Fsp3) is 0.364. The fourth-order valence-electron chi connectivity index (χ4n) is 3.71. The highest BCUT2D eigenvalue weighted by atomic mass is 16.4. The minimum atomic E-state index is 0.697. The molecule has 134 valence electrons. The van der Waals surface area contributed by atoms with Crippen LogP contribution in [0.4, 0.5) is 0 Å². The number of oxazole rings is 1. The van der Waals surface area contributed by atoms with Gasteiger partial charge in [-0.05, 0) is 68.6 Å². The minimum absolute atomic E-state index is 0.697. The van der Waals surface area contributed by atoms with E-state index in [-0.39, 0.29) is 0 Å². The Balaban J connectivity index is 1.48. The average Bonchev–Trinajstić information content (AvgIpc) is 3.26. The molecule has 1 fully saturated rings. The first-order valence-corrected chi connectivity index (χ1v) is 9.42. The van der Waals surface area contributed by atoms with Crippen molar-refractivity contribution in [1.82, 2.24) is 14.9 Å². The van der Waals surface area contributed by atoms with Gasteiger partial charge in [0.1, 0.15) is 5.76 Å². The quantitative estimate of drug-likeness (QED) is 0.668. The number of aryl methyl sites for hydroxylation is 1. The highest BCUT2D eigenvalue weighted by molar-refractivity contribution is 5.66. The molecular formula is C22H25N3O. The van der Waals surface area contributed by atoms with Crippen molar-refractivity contribution in [3.8, 4) is 22.6 Å². The summed E-state index contributed by atoms with van der Waals surface area (Å²) >= 11 is 0. The maximum Gasteiger partial charge on any atom is 0.226 e. The first kappa shape index (κ1) is 17.0. The van der Waals surface area contributed by atoms with E-state index in [2.05, 4.69) is 41.1 Å². The molecule has 1 unspecified atom stereocenters. The molecule has 3 aromatic rings. The number of benzene rings is 1. The lowest BCUT2D eigenvalue weighted by atomic mass is 10.1. The molecule has 1 aromatic carbocycles. The molecule has 26 heavy (non-hydrogen) atoms. The molecule has 4 nitrogen and oxygen atoms in total. The normalized spacial score (nSPS) is 17.7. The number of nitrogens with zero attached hydrogens (tertiary/aromatic N) is 3. The molecule has 0 spiro atoms. The molecule has 0 radical (unpaired) electrons. The zero-order valence-corrected chi connectivity index (χ0v) is 15.5. The number of aromatic nitrogens is 2. The van der Waals surface area contributed by atoms with Crippen LogP contribution in [0.25, 0.3) is 22.6 Å². The molecule has 1 atom stereocenters. The van der Waals surface area contributed by atoms with Gasteiger partial charge in [-0.15, -0.1) is 0 Å². The van der Waals surface area contributed by atoms with Crippen molar-refractivity contribution < 1.29 is 4.42 Å². The molecule has 0 N–H and O–H groups in total. The Hall–Kier alpha value is -2.46. The number of hydrogen-bond acceptors (Lipinski definition) is 4. The first-order chi connectivity index (χ1) is 12.7. The van der Waals surface area contributed by atoms with Crippen LogP contribution in [0.5, 0.6) is 0 Å². The highest BCUT2D eigenvalue weighted by Gasteiger charge is 2.21. The van der Waals surface area contributed by atoms with Gasteiger partial charge in [-0.2, -0.15) is 0 Å². The summed E-state index contributed by atoms with van der Waals surface area (Å²) in [7, 11) is 0. The van der Waals surface area contributed by atoms with Crippen LogP contribution in [-0.2, 0) is 6.42 Å². The van der Waals surface area contributed by atoms with Crippen LogP contribution in [-0.4, -0.2) is 34.0 Å². The van der Waals surface area contributed by atoms with Gasteiger partial charge >= 0.3 is 0 Å². The van der Waals surface area contributed by atoms with Crippen molar-refractivity contribution in [1.29, 1.82) is 0 Å². The number of pyridine rings is 1. The lowest BCUT2D eigenvalue weighted by molar-refractivity contribution is 0.271. The second-order valence-corrected chi connectivity index (χ2v) is 7.11. The fourth-order valence-corrected chi connectivity index (χ4v) is 3.71. The highest BCUT2D eigenvalue weighted by Crippen LogP contribution is 2.26. The van der Waals surface area contributed by atoms with Crippen molar-refractivity contribution in [2.24, 2.45) is 0 Å². The summed E-state index contributed by atoms with van der Waals surface area (Å²) in [5.74, 6) is 1.65. The van der Waals surface area contributed by atoms with Crippen LogP contribution in [0.3, 0.4) is 0 Å². The third-order valence-electron chi connectivity index (χ3n) is 5.36. The topological polar surface area (TPSA) is 42.2 Å². The van der Waals surface area contributed by atoms with Crippen LogP contribution in [0.2, 0.25) is 0 Å². The third kappa shape index (κ3) is 3.56. The van der Waals surface area contributed by atoms with E-state index in [9.17, 15) is 0 Å². The van der Waals surface area contributed by atoms with Gasteiger partial charge in [-0.1, -0.05) is 12.1 Å². The van der Waals surface area contributed by atoms with Gasteiger partial charge in [0.2, 0.25) is 5.89 Å². The molecule has 0 amide bonds. The summed E-state index contributed by atoms with van der Waals surface area (Å²) in [5, 5.41) is 0. The van der Waals surface area contributed by atoms with Gasteiger partial charge in [0.25, 0.3) is 0 Å². The van der Waals surface area contributed by atoms with E-state index in [4.69, 9.17) is 9.40 Å². The van der Waals surface area contributed by atoms with E-state index in [1.807, 2.05) is 31.5 Å². The summed E-state index contributed by atoms with van der Waals surface area (Å²) < 4.78 is 5.95. The van der Waals surface area contributed by atoms with Gasteiger partial charge in [0.15, 0.2) is 0 Å². The molecule has 2 aromatic heterocycles. The molecule has 1 saturated heterocycles. The molecule has 0 bridgehead atoms. The lowest BCUT2D eigenvalue weighted by Gasteiger charge is -2.20. The zero-order chi connectivity index (χ0) is 17.9. The van der Waals surface area contributed by atoms with Crippen LogP contribution < -0.4 is 0 Å². The molecule has 1 aliphatic heterocycles. The second kappa shape index (κ2) is 7.42. The molecule has 3 heterocycles. The lowest BCUT2D eigenvalue weighted by Crippen LogP contribution is -2.29. The SMILES string of the molecule is Cc1oc(-c2ccc(-c3ccncc3)cc2)nc1CCN1CCCC1C. The Morgan fingerprint density at radius 3 is 2.42 bits per heavy atom. The second-order valence-electron chi connectivity index (χ2n) is 7.11. The number of hydrogen-bond donors (Lipinski definition) is 0. The monoisotopic (exact) mass is 347 g/mol. The summed E-state index contributed by atoms with van der Waals surface area (Å²) in [6.45, 7) is 6.61. The maximum atomic E-state index is 5.95. The molecular weight excluding hydrogens is 322 g/mol. The Kier molecular flexibility index (Phi) is 4.85. The maximum absolute atomic E-state index is 5.95. The largest absolute Gasteiger partial charge is 0.441 e. The summed E-state index contributed by atoms with van der Waals surface area (Å²) in [6, 6.07) is 13.1. The van der Waals surface area contributed by atoms with Crippen LogP contribution in [0.1, 0.15) is 31.2 Å². The van der Waals surface area contributed by atoms with Gasteiger partial charge in [-0.3, -0.25) is 4.98 Å². The predicted octanol–water partition coefficient (Wildman–Crippen LogP) is 4.74. The van der Waals surface area contributed by atoms with E-state index in [1.165, 1.54) is 24.9 Å². The summed E-state index contributed by atoms with van der Waals surface area (Å²) in [6.07, 6.45) is 7.21. The average molecular weight is 347 g/mol. The molecule has 1 aliphatic rings. The van der Waals surface area contributed by atoms with E-state index >= 15 is 0 Å². The number of rotatable bonds is 5. The van der Waals surface area contributed by atoms with Crippen molar-refractivity contribution in [2.75, 3.05) is 13.1 Å². The Labute approximate surface area is 154 Å². The van der Waals surface area contributed by atoms with Crippen molar-refractivity contribution in [3.63, 3.8) is 0 Å². The summed E-state index contributed by atoms with van der Waals surface area (Å²) in [5.41, 5.74) is 4.43. The van der Waals surface area contributed by atoms with Gasteiger partial charge in [0.05, 0.1) is 5.69 Å². The molecule has 4 rings (SSSR count). The third-order valence-corrected chi connectivity index (χ3v) is 5.36. The first-order valence-electron chi connectivity index (χ1n) is 9.42. The Morgan fingerprint density at radius 2 is 1.73 bits per heavy atom. The van der Waals surface area contributed by atoms with Gasteiger partial charge < -0.3 is 9.32 Å². The Bertz CT molecular complexity index is 855.